The lowest BCUT2D eigenvalue weighted by atomic mass is 10.0. The number of hydrogen-bond acceptors (Lipinski definition) is 4. The van der Waals surface area contributed by atoms with E-state index in [9.17, 15) is 9.90 Å². The molecule has 0 unspecified atom stereocenters. The average Bonchev–Trinajstić information content (AvgIpc) is 3.14. The normalized spacial score (nSPS) is 10.8. The number of benzene rings is 3. The number of carboxylic acids is 1. The third kappa shape index (κ3) is 4.43. The Labute approximate surface area is 193 Å². The van der Waals surface area contributed by atoms with Crippen molar-refractivity contribution in [2.75, 3.05) is 14.2 Å². The Morgan fingerprint density at radius 1 is 1.00 bits per heavy atom. The van der Waals surface area contributed by atoms with Crippen molar-refractivity contribution in [1.29, 1.82) is 0 Å². The van der Waals surface area contributed by atoms with Crippen molar-refractivity contribution in [3.05, 3.63) is 76.3 Å². The van der Waals surface area contributed by atoms with Gasteiger partial charge in [-0.15, -0.1) is 0 Å². The number of fused-ring (bicyclic) bond motifs is 1. The van der Waals surface area contributed by atoms with Gasteiger partial charge in [-0.05, 0) is 41.5 Å². The van der Waals surface area contributed by atoms with Gasteiger partial charge in [0, 0.05) is 20.9 Å². The van der Waals surface area contributed by atoms with Gasteiger partial charge < -0.3 is 24.3 Å². The third-order valence-corrected chi connectivity index (χ3v) is 5.66. The Hall–Kier alpha value is -3.45. The molecule has 0 aliphatic carbocycles. The molecule has 32 heavy (non-hydrogen) atoms. The molecule has 0 fully saturated rings. The summed E-state index contributed by atoms with van der Waals surface area (Å²) >= 11 is 3.47. The van der Waals surface area contributed by atoms with Gasteiger partial charge in [0.15, 0.2) is 11.5 Å². The number of halogens is 1. The van der Waals surface area contributed by atoms with E-state index in [0.29, 0.717) is 35.1 Å². The Bertz CT molecular complexity index is 1240. The number of methoxy groups -OCH3 is 2. The van der Waals surface area contributed by atoms with E-state index in [-0.39, 0.29) is 6.42 Å². The average molecular weight is 496 g/mol. The summed E-state index contributed by atoms with van der Waals surface area (Å²) in [6, 6.07) is 19.2. The number of nitrogens with one attached hydrogen (secondary N) is 1. The van der Waals surface area contributed by atoms with Crippen molar-refractivity contribution in [2.45, 2.75) is 13.0 Å². The molecule has 4 rings (SSSR count). The van der Waals surface area contributed by atoms with E-state index in [2.05, 4.69) is 20.9 Å². The van der Waals surface area contributed by atoms with E-state index >= 15 is 0 Å². The van der Waals surface area contributed by atoms with Gasteiger partial charge in [0.2, 0.25) is 5.75 Å². The number of aliphatic carboxylic acids is 1. The van der Waals surface area contributed by atoms with Crippen molar-refractivity contribution >= 4 is 32.8 Å². The molecule has 7 heteroatoms. The molecule has 3 aromatic carbocycles. The minimum Gasteiger partial charge on any atom is -0.493 e. The molecule has 0 saturated heterocycles. The molecule has 2 N–H and O–H groups in total. The molecule has 1 aromatic heterocycles. The fourth-order valence-corrected chi connectivity index (χ4v) is 4.06. The number of carbonyl (C=O) groups is 1. The van der Waals surface area contributed by atoms with Gasteiger partial charge in [0.25, 0.3) is 0 Å². The first-order chi connectivity index (χ1) is 15.5. The summed E-state index contributed by atoms with van der Waals surface area (Å²) in [5, 5.41) is 10.4. The van der Waals surface area contributed by atoms with E-state index in [0.717, 1.165) is 26.5 Å². The minimum absolute atomic E-state index is 0.122. The molecule has 0 aliphatic rings. The van der Waals surface area contributed by atoms with E-state index in [4.69, 9.17) is 14.2 Å². The zero-order chi connectivity index (χ0) is 22.7. The second kappa shape index (κ2) is 9.36. The zero-order valence-electron chi connectivity index (χ0n) is 17.6. The molecule has 0 saturated carbocycles. The Balaban J connectivity index is 1.80. The molecule has 0 radical (unpaired) electrons. The summed E-state index contributed by atoms with van der Waals surface area (Å²) in [7, 11) is 3.13. The van der Waals surface area contributed by atoms with Crippen LogP contribution in [0, 0.1) is 0 Å². The molecule has 0 spiro atoms. The first kappa shape index (κ1) is 21.8. The van der Waals surface area contributed by atoms with E-state index in [1.54, 1.807) is 14.2 Å². The zero-order valence-corrected chi connectivity index (χ0v) is 19.2. The van der Waals surface area contributed by atoms with Crippen LogP contribution in [-0.2, 0) is 17.8 Å². The summed E-state index contributed by atoms with van der Waals surface area (Å²) < 4.78 is 18.1. The largest absolute Gasteiger partial charge is 0.493 e. The van der Waals surface area contributed by atoms with Crippen molar-refractivity contribution < 1.29 is 24.1 Å². The van der Waals surface area contributed by atoms with Crippen LogP contribution < -0.4 is 14.2 Å². The van der Waals surface area contributed by atoms with E-state index < -0.39 is 5.97 Å². The number of hydrogen-bond donors (Lipinski definition) is 2. The Morgan fingerprint density at radius 2 is 1.69 bits per heavy atom. The molecule has 0 aliphatic heterocycles. The van der Waals surface area contributed by atoms with Crippen LogP contribution in [0.4, 0.5) is 0 Å². The predicted molar refractivity (Wildman–Crippen MR) is 127 cm³/mol. The van der Waals surface area contributed by atoms with Crippen LogP contribution >= 0.6 is 15.9 Å². The number of aromatic nitrogens is 1. The number of ether oxygens (including phenoxy) is 3. The highest BCUT2D eigenvalue weighted by molar-refractivity contribution is 9.10. The summed E-state index contributed by atoms with van der Waals surface area (Å²) in [5.41, 5.74) is 4.00. The summed E-state index contributed by atoms with van der Waals surface area (Å²) in [4.78, 5) is 15.0. The molecule has 4 aromatic rings. The first-order valence-electron chi connectivity index (χ1n) is 9.95. The maximum atomic E-state index is 11.6. The molecule has 1 heterocycles. The van der Waals surface area contributed by atoms with Crippen LogP contribution in [0.3, 0.4) is 0 Å². The topological polar surface area (TPSA) is 80.8 Å². The van der Waals surface area contributed by atoms with Gasteiger partial charge in [-0.1, -0.05) is 46.3 Å². The number of rotatable bonds is 8. The molecular formula is C25H22BrNO5. The lowest BCUT2D eigenvalue weighted by molar-refractivity contribution is -0.136. The number of carboxylic acid groups (broad SMARTS) is 1. The minimum atomic E-state index is -0.908. The highest BCUT2D eigenvalue weighted by atomic mass is 79.9. The number of aromatic amines is 1. The van der Waals surface area contributed by atoms with Crippen LogP contribution in [0.15, 0.2) is 65.1 Å². The van der Waals surface area contributed by atoms with Gasteiger partial charge in [-0.2, -0.15) is 0 Å². The third-order valence-electron chi connectivity index (χ3n) is 5.17. The van der Waals surface area contributed by atoms with Gasteiger partial charge >= 0.3 is 5.97 Å². The summed E-state index contributed by atoms with van der Waals surface area (Å²) in [5.74, 6) is 0.572. The van der Waals surface area contributed by atoms with Crippen LogP contribution in [0.2, 0.25) is 0 Å². The quantitative estimate of drug-likeness (QED) is 0.321. The Kier molecular flexibility index (Phi) is 6.37. The van der Waals surface area contributed by atoms with Crippen molar-refractivity contribution in [3.8, 4) is 28.5 Å². The van der Waals surface area contributed by atoms with Crippen LogP contribution in [0.25, 0.3) is 22.2 Å². The van der Waals surface area contributed by atoms with Gasteiger partial charge in [-0.3, -0.25) is 4.79 Å². The molecule has 0 amide bonds. The standard InChI is InChI=1S/C25H22BrNO5/c1-30-21-10-16(11-22(31-2)25(21)32-14-15-6-4-3-5-7-15)24-19(13-23(28)29)18-12-17(26)8-9-20(18)27-24/h3-12,27H,13-14H2,1-2H3,(H,28,29). The smallest absolute Gasteiger partial charge is 0.307 e. The second-order valence-corrected chi connectivity index (χ2v) is 8.14. The monoisotopic (exact) mass is 495 g/mol. The highest BCUT2D eigenvalue weighted by Crippen LogP contribution is 2.43. The maximum Gasteiger partial charge on any atom is 0.307 e. The van der Waals surface area contributed by atoms with Crippen molar-refractivity contribution in [1.82, 2.24) is 4.98 Å². The maximum absolute atomic E-state index is 11.6. The van der Waals surface area contributed by atoms with Crippen LogP contribution in [0.1, 0.15) is 11.1 Å². The molecular weight excluding hydrogens is 474 g/mol. The lowest BCUT2D eigenvalue weighted by Gasteiger charge is -2.16. The van der Waals surface area contributed by atoms with Crippen LogP contribution in [-0.4, -0.2) is 30.3 Å². The Morgan fingerprint density at radius 3 is 2.31 bits per heavy atom. The number of H-pyrrole nitrogens is 1. The summed E-state index contributed by atoms with van der Waals surface area (Å²) in [6.07, 6.45) is -0.122. The van der Waals surface area contributed by atoms with Gasteiger partial charge in [-0.25, -0.2) is 0 Å². The molecule has 0 atom stereocenters. The second-order valence-electron chi connectivity index (χ2n) is 7.22. The lowest BCUT2D eigenvalue weighted by Crippen LogP contribution is -2.02. The SMILES string of the molecule is COc1cc(-c2[nH]c3ccc(Br)cc3c2CC(=O)O)cc(OC)c1OCc1ccccc1. The molecule has 6 nitrogen and oxygen atoms in total. The molecule has 164 valence electrons. The fourth-order valence-electron chi connectivity index (χ4n) is 3.70. The predicted octanol–water partition coefficient (Wildman–Crippen LogP) is 5.82. The van der Waals surface area contributed by atoms with Gasteiger partial charge in [0.05, 0.1) is 26.3 Å². The first-order valence-corrected chi connectivity index (χ1v) is 10.7. The van der Waals surface area contributed by atoms with Crippen molar-refractivity contribution in [3.63, 3.8) is 0 Å². The van der Waals surface area contributed by atoms with Gasteiger partial charge in [0.1, 0.15) is 6.61 Å². The van der Waals surface area contributed by atoms with E-state index in [1.807, 2.05) is 60.7 Å². The summed E-state index contributed by atoms with van der Waals surface area (Å²) in [6.45, 7) is 0.359. The highest BCUT2D eigenvalue weighted by Gasteiger charge is 2.21. The van der Waals surface area contributed by atoms with E-state index in [1.165, 1.54) is 0 Å². The van der Waals surface area contributed by atoms with Crippen molar-refractivity contribution in [2.24, 2.45) is 0 Å². The fraction of sp³-hybridized carbons (Fsp3) is 0.160. The molecule has 0 bridgehead atoms. The van der Waals surface area contributed by atoms with Crippen LogP contribution in [0.5, 0.6) is 17.2 Å².